The minimum absolute atomic E-state index is 0.0712. The van der Waals surface area contributed by atoms with Crippen LogP contribution in [0.25, 0.3) is 0 Å². The van der Waals surface area contributed by atoms with Crippen molar-refractivity contribution in [1.29, 1.82) is 0 Å². The summed E-state index contributed by atoms with van der Waals surface area (Å²) in [5, 5.41) is 13.4. The number of carbonyl (C=O) groups excluding carboxylic acids is 8. The van der Waals surface area contributed by atoms with Crippen molar-refractivity contribution in [2.24, 2.45) is 17.1 Å². The van der Waals surface area contributed by atoms with Crippen molar-refractivity contribution < 1.29 is 43.1 Å². The van der Waals surface area contributed by atoms with Crippen LogP contribution in [-0.4, -0.2) is 84.1 Å². The van der Waals surface area contributed by atoms with Crippen LogP contribution in [0.3, 0.4) is 0 Å². The van der Waals surface area contributed by atoms with Crippen LogP contribution >= 0.6 is 0 Å². The summed E-state index contributed by atoms with van der Waals surface area (Å²) in [4.78, 5) is 98.7. The Labute approximate surface area is 298 Å². The number of amides is 8. The molecule has 0 saturated carbocycles. The lowest BCUT2D eigenvalue weighted by Crippen LogP contribution is -2.54. The first-order chi connectivity index (χ1) is 24.0. The molecule has 0 unspecified atom stereocenters. The van der Waals surface area contributed by atoms with Crippen molar-refractivity contribution in [3.63, 3.8) is 0 Å². The molecule has 2 rings (SSSR count). The average molecular weight is 714 g/mol. The fraction of sp³-hybridized carbons (Fsp3) is 0.543. The fourth-order valence-electron chi connectivity index (χ4n) is 4.71. The number of nitrogens with two attached hydrogens (primary N) is 1. The number of imide groups is 1. The molecule has 1 aliphatic heterocycles. The molecule has 16 heteroatoms. The van der Waals surface area contributed by atoms with Gasteiger partial charge in [-0.25, -0.2) is 4.79 Å². The smallest absolute Gasteiger partial charge is 0.312 e. The molecule has 0 spiro atoms. The predicted octanol–water partition coefficient (Wildman–Crippen LogP) is 1.39. The van der Waals surface area contributed by atoms with Gasteiger partial charge in [0, 0.05) is 37.3 Å². The summed E-state index contributed by atoms with van der Waals surface area (Å²) in [6.07, 6.45) is 4.46. The summed E-state index contributed by atoms with van der Waals surface area (Å²) in [6.45, 7) is 8.99. The molecule has 1 aliphatic rings. The Morgan fingerprint density at radius 1 is 0.804 bits per heavy atom. The Bertz CT molecular complexity index is 1430. The molecule has 0 aromatic heterocycles. The van der Waals surface area contributed by atoms with E-state index in [0.717, 1.165) is 22.6 Å². The number of urea groups is 1. The van der Waals surface area contributed by atoms with Crippen molar-refractivity contribution in [3.8, 4) is 0 Å². The van der Waals surface area contributed by atoms with Gasteiger partial charge in [0.2, 0.25) is 23.6 Å². The summed E-state index contributed by atoms with van der Waals surface area (Å²) < 4.78 is 5.33. The van der Waals surface area contributed by atoms with Crippen LogP contribution in [0.1, 0.15) is 78.7 Å². The van der Waals surface area contributed by atoms with Crippen molar-refractivity contribution in [2.45, 2.75) is 91.8 Å². The normalized spacial score (nSPS) is 13.7. The van der Waals surface area contributed by atoms with Gasteiger partial charge in [0.1, 0.15) is 25.2 Å². The van der Waals surface area contributed by atoms with Gasteiger partial charge < -0.3 is 37.1 Å². The van der Waals surface area contributed by atoms with Crippen LogP contribution in [-0.2, 0) is 44.9 Å². The third-order valence-corrected chi connectivity index (χ3v) is 7.68. The Balaban J connectivity index is 1.88. The maximum absolute atomic E-state index is 13.4. The van der Waals surface area contributed by atoms with Gasteiger partial charge in [0.15, 0.2) is 0 Å². The standard InChI is InChI=1S/C35H51N7O9/c1-22(2)30(41-26(43)11-7-6-8-18-37-27(44)20-42-28(45)16-17-29(42)46)32(48)40-25(10-9-19-38-34(36)50)31(47)39-24-14-12-23(13-15-24)21-51-33(49)35(3,4)5/h12-17,22,25,30H,6-11,18-21H2,1-5H3,(H,37,44)(H,39,47)(H,40,48)(H,41,43)(H3,36,38,50)/t25-,30-/m0/s1. The third-order valence-electron chi connectivity index (χ3n) is 7.68. The predicted molar refractivity (Wildman–Crippen MR) is 187 cm³/mol. The van der Waals surface area contributed by atoms with Gasteiger partial charge in [0.25, 0.3) is 11.8 Å². The van der Waals surface area contributed by atoms with Gasteiger partial charge >= 0.3 is 12.0 Å². The lowest BCUT2D eigenvalue weighted by molar-refractivity contribution is -0.154. The van der Waals surface area contributed by atoms with Gasteiger partial charge in [-0.05, 0) is 70.1 Å². The van der Waals surface area contributed by atoms with Gasteiger partial charge in [-0.15, -0.1) is 0 Å². The second-order valence-corrected chi connectivity index (χ2v) is 13.6. The Morgan fingerprint density at radius 3 is 2.02 bits per heavy atom. The van der Waals surface area contributed by atoms with Crippen LogP contribution in [0.15, 0.2) is 36.4 Å². The van der Waals surface area contributed by atoms with E-state index in [0.29, 0.717) is 37.9 Å². The number of ether oxygens (including phenoxy) is 1. The SMILES string of the molecule is CC(C)[C@H](NC(=O)CCCCCNC(=O)CN1C(=O)C=CC1=O)C(=O)N[C@@H](CCCNC(N)=O)C(=O)Nc1ccc(COC(=O)C(C)(C)C)cc1. The van der Waals surface area contributed by atoms with Crippen molar-refractivity contribution in [1.82, 2.24) is 26.2 Å². The van der Waals surface area contributed by atoms with E-state index in [1.54, 1.807) is 58.9 Å². The number of benzene rings is 1. The second kappa shape index (κ2) is 20.4. The van der Waals surface area contributed by atoms with Crippen LogP contribution in [0, 0.1) is 11.3 Å². The van der Waals surface area contributed by atoms with Crippen molar-refractivity contribution >= 4 is 53.1 Å². The van der Waals surface area contributed by atoms with Crippen LogP contribution in [0.2, 0.25) is 0 Å². The van der Waals surface area contributed by atoms with E-state index in [4.69, 9.17) is 10.5 Å². The number of esters is 1. The van der Waals surface area contributed by atoms with E-state index in [1.807, 2.05) is 0 Å². The molecule has 16 nitrogen and oxygen atoms in total. The number of hydrogen-bond donors (Lipinski definition) is 6. The molecule has 1 heterocycles. The monoisotopic (exact) mass is 713 g/mol. The van der Waals surface area contributed by atoms with Crippen molar-refractivity contribution in [2.75, 3.05) is 25.0 Å². The van der Waals surface area contributed by atoms with Crippen LogP contribution in [0.4, 0.5) is 10.5 Å². The minimum Gasteiger partial charge on any atom is -0.460 e. The Kier molecular flexibility index (Phi) is 16.8. The van der Waals surface area contributed by atoms with E-state index in [1.165, 1.54) is 0 Å². The van der Waals surface area contributed by atoms with E-state index < -0.39 is 53.1 Å². The zero-order valence-electron chi connectivity index (χ0n) is 30.0. The van der Waals surface area contributed by atoms with Crippen LogP contribution < -0.4 is 32.3 Å². The Morgan fingerprint density at radius 2 is 1.43 bits per heavy atom. The highest BCUT2D eigenvalue weighted by Gasteiger charge is 2.29. The molecule has 7 N–H and O–H groups in total. The highest BCUT2D eigenvalue weighted by molar-refractivity contribution is 6.14. The van der Waals surface area contributed by atoms with E-state index in [-0.39, 0.29) is 50.3 Å². The van der Waals surface area contributed by atoms with Gasteiger partial charge in [-0.1, -0.05) is 32.4 Å². The molecule has 0 bridgehead atoms. The van der Waals surface area contributed by atoms with Gasteiger partial charge in [0.05, 0.1) is 5.41 Å². The number of nitrogens with zero attached hydrogens (tertiary/aromatic N) is 1. The number of rotatable bonds is 20. The number of nitrogens with one attached hydrogen (secondary N) is 5. The maximum Gasteiger partial charge on any atom is 0.312 e. The van der Waals surface area contributed by atoms with E-state index >= 15 is 0 Å². The summed E-state index contributed by atoms with van der Waals surface area (Å²) in [5.41, 5.74) is 5.67. The summed E-state index contributed by atoms with van der Waals surface area (Å²) in [7, 11) is 0. The molecule has 280 valence electrons. The molecular formula is C35H51N7O9. The number of hydrogen-bond acceptors (Lipinski definition) is 9. The second-order valence-electron chi connectivity index (χ2n) is 13.6. The summed E-state index contributed by atoms with van der Waals surface area (Å²) in [6, 6.07) is 4.04. The fourth-order valence-corrected chi connectivity index (χ4v) is 4.71. The summed E-state index contributed by atoms with van der Waals surface area (Å²) in [5.74, 6) is -3.60. The lowest BCUT2D eigenvalue weighted by Gasteiger charge is -2.25. The molecule has 0 aliphatic carbocycles. The lowest BCUT2D eigenvalue weighted by atomic mass is 9.97. The largest absolute Gasteiger partial charge is 0.460 e. The first-order valence-corrected chi connectivity index (χ1v) is 17.0. The summed E-state index contributed by atoms with van der Waals surface area (Å²) >= 11 is 0. The first kappa shape index (κ1) is 41.9. The van der Waals surface area contributed by atoms with Gasteiger partial charge in [-0.3, -0.25) is 38.5 Å². The molecule has 2 atom stereocenters. The number of primary amides is 1. The zero-order chi connectivity index (χ0) is 38.1. The third kappa shape index (κ3) is 15.4. The molecule has 0 fully saturated rings. The van der Waals surface area contributed by atoms with E-state index in [9.17, 15) is 38.4 Å². The highest BCUT2D eigenvalue weighted by atomic mass is 16.5. The van der Waals surface area contributed by atoms with Crippen molar-refractivity contribution in [3.05, 3.63) is 42.0 Å². The maximum atomic E-state index is 13.4. The van der Waals surface area contributed by atoms with E-state index in [2.05, 4.69) is 26.6 Å². The van der Waals surface area contributed by atoms with Gasteiger partial charge in [-0.2, -0.15) is 0 Å². The Hall–Kier alpha value is -5.28. The highest BCUT2D eigenvalue weighted by Crippen LogP contribution is 2.18. The first-order valence-electron chi connectivity index (χ1n) is 17.0. The number of carbonyl (C=O) groups is 8. The number of anilines is 1. The zero-order valence-corrected chi connectivity index (χ0v) is 30.0. The molecule has 8 amide bonds. The van der Waals surface area contributed by atoms with Crippen LogP contribution in [0.5, 0.6) is 0 Å². The molecule has 0 saturated heterocycles. The average Bonchev–Trinajstić information content (AvgIpc) is 3.37. The number of unbranched alkanes of at least 4 members (excludes halogenated alkanes) is 2. The quantitative estimate of drug-likeness (QED) is 0.0650. The molecule has 0 radical (unpaired) electrons. The molecule has 51 heavy (non-hydrogen) atoms. The molecule has 1 aromatic rings. The minimum atomic E-state index is -1.01. The molecule has 1 aromatic carbocycles. The topological polar surface area (TPSA) is 235 Å². The molecular weight excluding hydrogens is 662 g/mol.